The molecule has 6 rings (SSSR count). The minimum Gasteiger partial charge on any atom is -0.393 e. The Balaban J connectivity index is 1.23. The second-order valence-electron chi connectivity index (χ2n) is 9.43. The quantitative estimate of drug-likeness (QED) is 0.414. The molecule has 0 radical (unpaired) electrons. The summed E-state index contributed by atoms with van der Waals surface area (Å²) >= 11 is 0. The van der Waals surface area contributed by atoms with Crippen molar-refractivity contribution in [3.63, 3.8) is 0 Å². The number of rotatable bonds is 5. The molecule has 2 atom stereocenters. The Morgan fingerprint density at radius 2 is 1.77 bits per heavy atom. The Kier molecular flexibility index (Phi) is 5.72. The van der Waals surface area contributed by atoms with E-state index in [4.69, 9.17) is 4.74 Å². The first-order chi connectivity index (χ1) is 17.2. The van der Waals surface area contributed by atoms with Gasteiger partial charge in [-0.2, -0.15) is 5.10 Å². The van der Waals surface area contributed by atoms with Crippen molar-refractivity contribution in [1.82, 2.24) is 15.5 Å². The van der Waals surface area contributed by atoms with E-state index >= 15 is 0 Å². The second kappa shape index (κ2) is 9.17. The fourth-order valence-corrected chi connectivity index (χ4v) is 5.36. The van der Waals surface area contributed by atoms with Crippen molar-refractivity contribution in [2.45, 2.75) is 37.6 Å². The number of H-pyrrole nitrogens is 1. The Labute approximate surface area is 203 Å². The van der Waals surface area contributed by atoms with Crippen LogP contribution in [0.5, 0.6) is 0 Å². The number of hydrogen-bond donors (Lipinski definition) is 3. The van der Waals surface area contributed by atoms with Gasteiger partial charge in [-0.15, -0.1) is 0 Å². The molecule has 2 bridgehead atoms. The Bertz CT molecular complexity index is 1320. The van der Waals surface area contributed by atoms with Crippen LogP contribution in [0.3, 0.4) is 0 Å². The van der Waals surface area contributed by atoms with Gasteiger partial charge in [0.15, 0.2) is 0 Å². The van der Waals surface area contributed by atoms with Gasteiger partial charge in [-0.3, -0.25) is 9.89 Å². The zero-order valence-corrected chi connectivity index (χ0v) is 19.4. The maximum absolute atomic E-state index is 12.8. The Morgan fingerprint density at radius 3 is 2.51 bits per heavy atom. The summed E-state index contributed by atoms with van der Waals surface area (Å²) in [5.41, 5.74) is 5.50. The Morgan fingerprint density at radius 1 is 1.03 bits per heavy atom. The van der Waals surface area contributed by atoms with Crippen LogP contribution in [-0.4, -0.2) is 52.6 Å². The number of ether oxygens (including phenoxy) is 1. The molecule has 0 saturated carbocycles. The number of aliphatic hydroxyl groups excluding tert-OH is 1. The second-order valence-corrected chi connectivity index (χ2v) is 9.43. The first-order valence-electron chi connectivity index (χ1n) is 12.1. The van der Waals surface area contributed by atoms with Crippen molar-refractivity contribution in [2.24, 2.45) is 0 Å². The molecule has 1 amide bonds. The van der Waals surface area contributed by atoms with E-state index in [2.05, 4.69) is 44.7 Å². The maximum atomic E-state index is 12.8. The number of aliphatic hydroxyl groups is 1. The molecule has 2 unspecified atom stereocenters. The number of aromatic nitrogens is 2. The van der Waals surface area contributed by atoms with Gasteiger partial charge >= 0.3 is 0 Å². The maximum Gasteiger partial charge on any atom is 0.251 e. The third kappa shape index (κ3) is 4.29. The zero-order valence-electron chi connectivity index (χ0n) is 19.4. The van der Waals surface area contributed by atoms with E-state index in [-0.39, 0.29) is 24.1 Å². The van der Waals surface area contributed by atoms with Gasteiger partial charge in [-0.25, -0.2) is 0 Å². The molecule has 7 nitrogen and oxygen atoms in total. The van der Waals surface area contributed by atoms with Crippen molar-refractivity contribution >= 4 is 22.5 Å². The SMILES string of the molecule is O=C(NCc1ccccc1)c1ccc2[nH]nc(-c3ccc(N4C5COCC4CC(O)C5)cc3)c2c1. The lowest BCUT2D eigenvalue weighted by Crippen LogP contribution is -2.58. The number of amides is 1. The van der Waals surface area contributed by atoms with Crippen LogP contribution in [0.25, 0.3) is 22.2 Å². The summed E-state index contributed by atoms with van der Waals surface area (Å²) in [4.78, 5) is 15.2. The predicted octanol–water partition coefficient (Wildman–Crippen LogP) is 3.89. The first kappa shape index (κ1) is 21.8. The molecule has 2 fully saturated rings. The van der Waals surface area contributed by atoms with Gasteiger partial charge in [0, 0.05) is 28.7 Å². The van der Waals surface area contributed by atoms with Crippen molar-refractivity contribution < 1.29 is 14.6 Å². The van der Waals surface area contributed by atoms with Crippen LogP contribution in [0.1, 0.15) is 28.8 Å². The third-order valence-electron chi connectivity index (χ3n) is 7.06. The molecule has 1 aromatic heterocycles. The molecule has 0 aliphatic carbocycles. The summed E-state index contributed by atoms with van der Waals surface area (Å²) in [6.07, 6.45) is 1.22. The molecule has 0 spiro atoms. The van der Waals surface area contributed by atoms with E-state index in [1.54, 1.807) is 0 Å². The lowest BCUT2D eigenvalue weighted by atomic mass is 9.91. The lowest BCUT2D eigenvalue weighted by molar-refractivity contribution is 0.00124. The number of piperidine rings is 1. The van der Waals surface area contributed by atoms with E-state index in [1.807, 2.05) is 48.5 Å². The smallest absolute Gasteiger partial charge is 0.251 e. The van der Waals surface area contributed by atoms with Crippen molar-refractivity contribution in [3.05, 3.63) is 83.9 Å². The number of anilines is 1. The number of nitrogens with zero attached hydrogens (tertiary/aromatic N) is 2. The first-order valence-corrected chi connectivity index (χ1v) is 12.1. The summed E-state index contributed by atoms with van der Waals surface area (Å²) < 4.78 is 5.74. The highest BCUT2D eigenvalue weighted by Gasteiger charge is 2.38. The minimum absolute atomic E-state index is 0.112. The molecular weight excluding hydrogens is 440 g/mol. The topological polar surface area (TPSA) is 90.5 Å². The highest BCUT2D eigenvalue weighted by molar-refractivity contribution is 6.01. The van der Waals surface area contributed by atoms with Gasteiger partial charge in [-0.1, -0.05) is 42.5 Å². The van der Waals surface area contributed by atoms with Gasteiger partial charge in [0.1, 0.15) is 0 Å². The number of carbonyl (C=O) groups excluding carboxylic acids is 1. The largest absolute Gasteiger partial charge is 0.393 e. The molecule has 2 saturated heterocycles. The van der Waals surface area contributed by atoms with E-state index in [0.717, 1.165) is 46.3 Å². The average molecular weight is 469 g/mol. The van der Waals surface area contributed by atoms with Crippen molar-refractivity contribution in [2.75, 3.05) is 18.1 Å². The van der Waals surface area contributed by atoms with E-state index in [9.17, 15) is 9.90 Å². The Hall–Kier alpha value is -3.68. The molecule has 7 heteroatoms. The molecule has 2 aliphatic rings. The number of morpholine rings is 1. The van der Waals surface area contributed by atoms with Crippen LogP contribution in [0.2, 0.25) is 0 Å². The van der Waals surface area contributed by atoms with Crippen LogP contribution >= 0.6 is 0 Å². The normalized spacial score (nSPS) is 21.7. The summed E-state index contributed by atoms with van der Waals surface area (Å²) in [6.45, 7) is 1.78. The average Bonchev–Trinajstić information content (AvgIpc) is 3.31. The summed E-state index contributed by atoms with van der Waals surface area (Å²) in [6, 6.07) is 24.3. The number of nitrogens with one attached hydrogen (secondary N) is 2. The monoisotopic (exact) mass is 468 g/mol. The van der Waals surface area contributed by atoms with Crippen LogP contribution in [-0.2, 0) is 11.3 Å². The number of hydrogen-bond acceptors (Lipinski definition) is 5. The number of carbonyl (C=O) groups is 1. The lowest BCUT2D eigenvalue weighted by Gasteiger charge is -2.48. The fourth-order valence-electron chi connectivity index (χ4n) is 5.36. The number of benzene rings is 3. The van der Waals surface area contributed by atoms with Crippen molar-refractivity contribution in [3.8, 4) is 11.3 Å². The van der Waals surface area contributed by atoms with E-state index in [1.165, 1.54) is 0 Å². The standard InChI is InChI=1S/C28H28N4O3/c33-24-13-22-16-35-17-23(14-24)32(22)21-9-6-19(7-10-21)27-25-12-20(8-11-26(25)30-31-27)28(34)29-15-18-4-2-1-3-5-18/h1-12,22-24,33H,13-17H2,(H,29,34)(H,30,31). The van der Waals surface area contributed by atoms with E-state index in [0.29, 0.717) is 25.3 Å². The highest BCUT2D eigenvalue weighted by Crippen LogP contribution is 2.35. The van der Waals surface area contributed by atoms with E-state index < -0.39 is 0 Å². The predicted molar refractivity (Wildman–Crippen MR) is 135 cm³/mol. The number of fused-ring (bicyclic) bond motifs is 3. The molecule has 35 heavy (non-hydrogen) atoms. The highest BCUT2D eigenvalue weighted by atomic mass is 16.5. The van der Waals surface area contributed by atoms with Crippen LogP contribution in [0, 0.1) is 0 Å². The molecule has 178 valence electrons. The summed E-state index contributed by atoms with van der Waals surface area (Å²) in [5.74, 6) is -0.112. The van der Waals surface area contributed by atoms with Gasteiger partial charge in [0.2, 0.25) is 0 Å². The molecule has 3 heterocycles. The summed E-state index contributed by atoms with van der Waals surface area (Å²) in [5, 5.41) is 21.7. The molecule has 4 aromatic rings. The van der Waals surface area contributed by atoms with Gasteiger partial charge in [0.25, 0.3) is 5.91 Å². The molecule has 2 aliphatic heterocycles. The van der Waals surface area contributed by atoms with Crippen LogP contribution < -0.4 is 10.2 Å². The number of aromatic amines is 1. The molecular formula is C28H28N4O3. The zero-order chi connectivity index (χ0) is 23.8. The molecule has 3 N–H and O–H groups in total. The molecule has 3 aromatic carbocycles. The fraction of sp³-hybridized carbons (Fsp3) is 0.286. The third-order valence-corrected chi connectivity index (χ3v) is 7.06. The minimum atomic E-state index is -0.251. The van der Waals surface area contributed by atoms with Crippen LogP contribution in [0.15, 0.2) is 72.8 Å². The van der Waals surface area contributed by atoms with Crippen molar-refractivity contribution in [1.29, 1.82) is 0 Å². The van der Waals surface area contributed by atoms with Gasteiger partial charge < -0.3 is 20.1 Å². The van der Waals surface area contributed by atoms with Crippen LogP contribution in [0.4, 0.5) is 5.69 Å². The van der Waals surface area contributed by atoms with Gasteiger partial charge in [-0.05, 0) is 48.7 Å². The summed E-state index contributed by atoms with van der Waals surface area (Å²) in [7, 11) is 0. The van der Waals surface area contributed by atoms with Gasteiger partial charge in [0.05, 0.1) is 42.6 Å².